The largest absolute Gasteiger partial charge is 0.508 e. The van der Waals surface area contributed by atoms with Gasteiger partial charge in [0.25, 0.3) is 0 Å². The van der Waals surface area contributed by atoms with Crippen molar-refractivity contribution in [2.75, 3.05) is 6.61 Å². The number of carbonyl (C=O) groups is 1. The molecule has 0 amide bonds. The second-order valence-corrected chi connectivity index (χ2v) is 4.52. The van der Waals surface area contributed by atoms with Gasteiger partial charge in [0.05, 0.1) is 6.61 Å². The molecule has 1 rings (SSSR count). The Hall–Kier alpha value is -1.51. The van der Waals surface area contributed by atoms with E-state index in [1.807, 2.05) is 12.1 Å². The number of phenols is 1. The Morgan fingerprint density at radius 2 is 1.88 bits per heavy atom. The molecule has 0 unspecified atom stereocenters. The average Bonchev–Trinajstić information content (AvgIpc) is 2.17. The standard InChI is InChI=1S/C13H18O3/c1-10(14)16-9-8-13(2,3)11-4-6-12(15)7-5-11/h4-7,15H,8-9H2,1-3H3. The van der Waals surface area contributed by atoms with Crippen molar-refractivity contribution in [2.24, 2.45) is 0 Å². The third-order valence-corrected chi connectivity index (χ3v) is 2.68. The SMILES string of the molecule is CC(=O)OCCC(C)(C)c1ccc(O)cc1. The van der Waals surface area contributed by atoms with Gasteiger partial charge in [-0.1, -0.05) is 26.0 Å². The molecular formula is C13H18O3. The number of carbonyl (C=O) groups excluding carboxylic acids is 1. The van der Waals surface area contributed by atoms with Gasteiger partial charge in [0.1, 0.15) is 5.75 Å². The Morgan fingerprint density at radius 1 is 1.31 bits per heavy atom. The number of rotatable bonds is 4. The van der Waals surface area contributed by atoms with Gasteiger partial charge >= 0.3 is 5.97 Å². The molecule has 3 heteroatoms. The van der Waals surface area contributed by atoms with Crippen LogP contribution < -0.4 is 0 Å². The zero-order valence-electron chi connectivity index (χ0n) is 9.99. The third-order valence-electron chi connectivity index (χ3n) is 2.68. The van der Waals surface area contributed by atoms with Gasteiger partial charge in [-0.2, -0.15) is 0 Å². The molecule has 3 nitrogen and oxygen atoms in total. The summed E-state index contributed by atoms with van der Waals surface area (Å²) < 4.78 is 4.93. The molecule has 0 aliphatic heterocycles. The van der Waals surface area contributed by atoms with Gasteiger partial charge in [0.15, 0.2) is 0 Å². The molecule has 1 aromatic rings. The zero-order chi connectivity index (χ0) is 12.2. The monoisotopic (exact) mass is 222 g/mol. The lowest BCUT2D eigenvalue weighted by molar-refractivity contribution is -0.141. The normalized spacial score (nSPS) is 11.2. The number of ether oxygens (including phenoxy) is 1. The van der Waals surface area contributed by atoms with Gasteiger partial charge in [0, 0.05) is 6.92 Å². The van der Waals surface area contributed by atoms with E-state index >= 15 is 0 Å². The summed E-state index contributed by atoms with van der Waals surface area (Å²) in [5.41, 5.74) is 1.06. The minimum absolute atomic E-state index is 0.0663. The summed E-state index contributed by atoms with van der Waals surface area (Å²) in [7, 11) is 0. The number of aromatic hydroxyl groups is 1. The number of hydrogen-bond donors (Lipinski definition) is 1. The number of esters is 1. The topological polar surface area (TPSA) is 46.5 Å². The van der Waals surface area contributed by atoms with Crippen LogP contribution in [0.25, 0.3) is 0 Å². The highest BCUT2D eigenvalue weighted by atomic mass is 16.5. The molecule has 0 fully saturated rings. The molecule has 0 bridgehead atoms. The maximum atomic E-state index is 10.7. The Balaban J connectivity index is 2.62. The van der Waals surface area contributed by atoms with Crippen molar-refractivity contribution in [3.8, 4) is 5.75 Å². The molecule has 0 aliphatic carbocycles. The molecular weight excluding hydrogens is 204 g/mol. The molecule has 0 heterocycles. The lowest BCUT2D eigenvalue weighted by atomic mass is 9.82. The highest BCUT2D eigenvalue weighted by Gasteiger charge is 2.20. The van der Waals surface area contributed by atoms with E-state index in [1.165, 1.54) is 6.92 Å². The Kier molecular flexibility index (Phi) is 3.93. The molecule has 0 radical (unpaired) electrons. The molecule has 1 aromatic carbocycles. The van der Waals surface area contributed by atoms with E-state index in [0.717, 1.165) is 12.0 Å². The van der Waals surface area contributed by atoms with Crippen molar-refractivity contribution in [1.29, 1.82) is 0 Å². The quantitative estimate of drug-likeness (QED) is 0.796. The lowest BCUT2D eigenvalue weighted by Gasteiger charge is -2.24. The highest BCUT2D eigenvalue weighted by molar-refractivity contribution is 5.65. The fourth-order valence-electron chi connectivity index (χ4n) is 1.51. The van der Waals surface area contributed by atoms with Crippen molar-refractivity contribution in [2.45, 2.75) is 32.6 Å². The molecule has 0 atom stereocenters. The Bertz CT molecular complexity index is 352. The molecule has 1 N–H and O–H groups in total. The van der Waals surface area contributed by atoms with E-state index in [-0.39, 0.29) is 17.1 Å². The minimum atomic E-state index is -0.249. The second-order valence-electron chi connectivity index (χ2n) is 4.52. The van der Waals surface area contributed by atoms with Crippen LogP contribution >= 0.6 is 0 Å². The van der Waals surface area contributed by atoms with E-state index in [2.05, 4.69) is 13.8 Å². The van der Waals surface area contributed by atoms with Gasteiger partial charge in [-0.05, 0) is 29.5 Å². The van der Waals surface area contributed by atoms with Crippen LogP contribution in [0, 0.1) is 0 Å². The van der Waals surface area contributed by atoms with Crippen LogP contribution in [0.1, 0.15) is 32.8 Å². The number of hydrogen-bond acceptors (Lipinski definition) is 3. The summed E-state index contributed by atoms with van der Waals surface area (Å²) in [4.78, 5) is 10.7. The first-order valence-electron chi connectivity index (χ1n) is 5.35. The first-order chi connectivity index (χ1) is 7.42. The van der Waals surface area contributed by atoms with Gasteiger partial charge in [-0.15, -0.1) is 0 Å². The van der Waals surface area contributed by atoms with Crippen molar-refractivity contribution in [3.05, 3.63) is 29.8 Å². The summed E-state index contributed by atoms with van der Waals surface area (Å²) in [6, 6.07) is 7.12. The summed E-state index contributed by atoms with van der Waals surface area (Å²) >= 11 is 0. The van der Waals surface area contributed by atoms with Gasteiger partial charge < -0.3 is 9.84 Å². The maximum absolute atomic E-state index is 10.7. The van der Waals surface area contributed by atoms with Crippen LogP contribution in [0.2, 0.25) is 0 Å². The van der Waals surface area contributed by atoms with Crippen LogP contribution in [0.15, 0.2) is 24.3 Å². The minimum Gasteiger partial charge on any atom is -0.508 e. The van der Waals surface area contributed by atoms with Crippen LogP contribution in [0.4, 0.5) is 0 Å². The smallest absolute Gasteiger partial charge is 0.302 e. The van der Waals surface area contributed by atoms with Crippen molar-refractivity contribution in [3.63, 3.8) is 0 Å². The molecule has 0 saturated heterocycles. The highest BCUT2D eigenvalue weighted by Crippen LogP contribution is 2.28. The fourth-order valence-corrected chi connectivity index (χ4v) is 1.51. The van der Waals surface area contributed by atoms with Gasteiger partial charge in [-0.25, -0.2) is 0 Å². The maximum Gasteiger partial charge on any atom is 0.302 e. The first kappa shape index (κ1) is 12.6. The Labute approximate surface area is 96.1 Å². The van der Waals surface area contributed by atoms with Gasteiger partial charge in [0.2, 0.25) is 0 Å². The third kappa shape index (κ3) is 3.57. The van der Waals surface area contributed by atoms with E-state index in [0.29, 0.717) is 6.61 Å². The average molecular weight is 222 g/mol. The van der Waals surface area contributed by atoms with Crippen molar-refractivity contribution < 1.29 is 14.6 Å². The summed E-state index contributed by atoms with van der Waals surface area (Å²) in [5.74, 6) is 0.0149. The van der Waals surface area contributed by atoms with E-state index in [9.17, 15) is 9.90 Å². The predicted octanol–water partition coefficient (Wildman–Crippen LogP) is 2.62. The van der Waals surface area contributed by atoms with E-state index in [4.69, 9.17) is 4.74 Å². The van der Waals surface area contributed by atoms with Crippen LogP contribution in [-0.4, -0.2) is 17.7 Å². The second kappa shape index (κ2) is 5.01. The zero-order valence-corrected chi connectivity index (χ0v) is 9.99. The van der Waals surface area contributed by atoms with Crippen molar-refractivity contribution >= 4 is 5.97 Å². The summed E-state index contributed by atoms with van der Waals surface area (Å²) in [6.45, 7) is 6.00. The Morgan fingerprint density at radius 3 is 2.38 bits per heavy atom. The molecule has 88 valence electrons. The fraction of sp³-hybridized carbons (Fsp3) is 0.462. The molecule has 0 spiro atoms. The summed E-state index contributed by atoms with van der Waals surface area (Å²) in [5, 5.41) is 9.20. The molecule has 0 aromatic heterocycles. The predicted molar refractivity (Wildman–Crippen MR) is 62.4 cm³/mol. The molecule has 16 heavy (non-hydrogen) atoms. The van der Waals surface area contributed by atoms with E-state index in [1.54, 1.807) is 12.1 Å². The lowest BCUT2D eigenvalue weighted by Crippen LogP contribution is -2.20. The van der Waals surface area contributed by atoms with Crippen LogP contribution in [0.3, 0.4) is 0 Å². The molecule has 0 aliphatic rings. The van der Waals surface area contributed by atoms with Gasteiger partial charge in [-0.3, -0.25) is 4.79 Å². The van der Waals surface area contributed by atoms with Crippen LogP contribution in [0.5, 0.6) is 5.75 Å². The summed E-state index contributed by atoms with van der Waals surface area (Å²) in [6.07, 6.45) is 0.761. The van der Waals surface area contributed by atoms with Crippen molar-refractivity contribution in [1.82, 2.24) is 0 Å². The van der Waals surface area contributed by atoms with E-state index < -0.39 is 0 Å². The first-order valence-corrected chi connectivity index (χ1v) is 5.35. The number of phenolic OH excluding ortho intramolecular Hbond substituents is 1. The molecule has 0 saturated carbocycles. The number of benzene rings is 1. The van der Waals surface area contributed by atoms with Crippen LogP contribution in [-0.2, 0) is 14.9 Å².